The Bertz CT molecular complexity index is 886. The Labute approximate surface area is 166 Å². The van der Waals surface area contributed by atoms with Gasteiger partial charge in [-0.05, 0) is 37.6 Å². The molecule has 0 radical (unpaired) electrons. The predicted octanol–water partition coefficient (Wildman–Crippen LogP) is 3.57. The molecule has 2 rings (SSSR count). The van der Waals surface area contributed by atoms with Gasteiger partial charge < -0.3 is 14.8 Å². The number of carbonyl (C=O) groups excluding carboxylic acids is 2. The minimum Gasteiger partial charge on any atom is -0.496 e. The fourth-order valence-electron chi connectivity index (χ4n) is 2.27. The normalized spacial score (nSPS) is 11.4. The molecule has 28 heavy (non-hydrogen) atoms. The van der Waals surface area contributed by atoms with Crippen LogP contribution in [0.15, 0.2) is 47.4 Å². The van der Waals surface area contributed by atoms with Crippen LogP contribution >= 0.6 is 11.8 Å². The average molecular weight is 404 g/mol. The highest BCUT2D eigenvalue weighted by Crippen LogP contribution is 2.29. The molecule has 0 fully saturated rings. The maximum absolute atomic E-state index is 12.3. The first kappa shape index (κ1) is 21.2. The molecule has 0 aliphatic rings. The summed E-state index contributed by atoms with van der Waals surface area (Å²) in [5, 5.41) is 13.6. The number of hydrogen-bond donors (Lipinski definition) is 1. The summed E-state index contributed by atoms with van der Waals surface area (Å²) in [5.41, 5.74) is 0.715. The number of amides is 1. The van der Waals surface area contributed by atoms with Gasteiger partial charge in [0.2, 0.25) is 0 Å². The van der Waals surface area contributed by atoms with E-state index in [4.69, 9.17) is 9.47 Å². The number of hydrogen-bond acceptors (Lipinski definition) is 7. The number of anilines is 1. The van der Waals surface area contributed by atoms with Crippen LogP contribution in [0.5, 0.6) is 5.75 Å². The SMILES string of the molecule is COc1ccc(NC(=O)[C@@H](C)OC(=O)CSc2ccccc2C)c([N+](=O)[O-])c1. The molecule has 0 aliphatic carbocycles. The summed E-state index contributed by atoms with van der Waals surface area (Å²) < 4.78 is 10.1. The van der Waals surface area contributed by atoms with Crippen molar-refractivity contribution in [2.75, 3.05) is 18.2 Å². The Kier molecular flexibility index (Phi) is 7.39. The first-order valence-corrected chi connectivity index (χ1v) is 9.31. The largest absolute Gasteiger partial charge is 0.496 e. The molecule has 0 bridgehead atoms. The molecular formula is C19H20N2O6S. The Balaban J connectivity index is 1.95. The summed E-state index contributed by atoms with van der Waals surface area (Å²) in [5.74, 6) is -0.884. The standard InChI is InChI=1S/C19H20N2O6S/c1-12-6-4-5-7-17(12)28-11-18(22)27-13(2)19(23)20-15-9-8-14(26-3)10-16(15)21(24)25/h4-10,13H,11H2,1-3H3,(H,20,23)/t13-/m1/s1. The van der Waals surface area contributed by atoms with Gasteiger partial charge in [-0.25, -0.2) is 0 Å². The van der Waals surface area contributed by atoms with Crippen molar-refractivity contribution in [1.82, 2.24) is 0 Å². The molecule has 0 aliphatic heterocycles. The van der Waals surface area contributed by atoms with E-state index in [1.165, 1.54) is 44.0 Å². The van der Waals surface area contributed by atoms with Gasteiger partial charge >= 0.3 is 5.97 Å². The van der Waals surface area contributed by atoms with Crippen LogP contribution in [-0.2, 0) is 14.3 Å². The second-order valence-electron chi connectivity index (χ2n) is 5.82. The number of nitro benzene ring substituents is 1. The van der Waals surface area contributed by atoms with Crippen LogP contribution in [0, 0.1) is 17.0 Å². The van der Waals surface area contributed by atoms with Crippen molar-refractivity contribution in [3.63, 3.8) is 0 Å². The van der Waals surface area contributed by atoms with Gasteiger partial charge in [0, 0.05) is 4.90 Å². The van der Waals surface area contributed by atoms with Crippen molar-refractivity contribution in [2.45, 2.75) is 24.8 Å². The molecule has 0 saturated heterocycles. The third-order valence-electron chi connectivity index (χ3n) is 3.78. The molecule has 9 heteroatoms. The molecule has 2 aromatic carbocycles. The third kappa shape index (κ3) is 5.71. The minimum atomic E-state index is -1.10. The lowest BCUT2D eigenvalue weighted by molar-refractivity contribution is -0.384. The van der Waals surface area contributed by atoms with Crippen LogP contribution < -0.4 is 10.1 Å². The molecule has 148 valence electrons. The Morgan fingerprint density at radius 3 is 2.61 bits per heavy atom. The van der Waals surface area contributed by atoms with Crippen LogP contribution in [0.2, 0.25) is 0 Å². The summed E-state index contributed by atoms with van der Waals surface area (Å²) in [6.45, 7) is 3.34. The molecule has 2 aromatic rings. The molecular weight excluding hydrogens is 384 g/mol. The minimum absolute atomic E-state index is 0.00650. The highest BCUT2D eigenvalue weighted by atomic mass is 32.2. The zero-order valence-corrected chi connectivity index (χ0v) is 16.4. The predicted molar refractivity (Wildman–Crippen MR) is 106 cm³/mol. The van der Waals surface area contributed by atoms with Gasteiger partial charge in [0.25, 0.3) is 11.6 Å². The smallest absolute Gasteiger partial charge is 0.317 e. The number of carbonyl (C=O) groups is 2. The summed E-state index contributed by atoms with van der Waals surface area (Å²) in [6, 6.07) is 11.7. The van der Waals surface area contributed by atoms with E-state index in [0.717, 1.165) is 10.5 Å². The monoisotopic (exact) mass is 404 g/mol. The van der Waals surface area contributed by atoms with E-state index in [-0.39, 0.29) is 22.9 Å². The first-order chi connectivity index (χ1) is 13.3. The number of nitro groups is 1. The fraction of sp³-hybridized carbons (Fsp3) is 0.263. The number of aryl methyl sites for hydroxylation is 1. The fourth-order valence-corrected chi connectivity index (χ4v) is 3.08. The molecule has 1 N–H and O–H groups in total. The Morgan fingerprint density at radius 2 is 1.96 bits per heavy atom. The van der Waals surface area contributed by atoms with Crippen LogP contribution in [-0.4, -0.2) is 35.8 Å². The maximum atomic E-state index is 12.3. The van der Waals surface area contributed by atoms with E-state index in [1.54, 1.807) is 0 Å². The van der Waals surface area contributed by atoms with E-state index in [0.29, 0.717) is 0 Å². The van der Waals surface area contributed by atoms with Gasteiger partial charge in [0.15, 0.2) is 6.10 Å². The van der Waals surface area contributed by atoms with Crippen LogP contribution in [0.25, 0.3) is 0 Å². The lowest BCUT2D eigenvalue weighted by Gasteiger charge is -2.14. The molecule has 0 spiro atoms. The lowest BCUT2D eigenvalue weighted by atomic mass is 10.2. The second kappa shape index (κ2) is 9.75. The van der Waals surface area contributed by atoms with Crippen LogP contribution in [0.4, 0.5) is 11.4 Å². The highest BCUT2D eigenvalue weighted by Gasteiger charge is 2.22. The van der Waals surface area contributed by atoms with E-state index < -0.39 is 22.9 Å². The van der Waals surface area contributed by atoms with E-state index in [1.807, 2.05) is 31.2 Å². The van der Waals surface area contributed by atoms with Crippen molar-refractivity contribution in [1.29, 1.82) is 0 Å². The van der Waals surface area contributed by atoms with Gasteiger partial charge in [-0.2, -0.15) is 0 Å². The number of benzene rings is 2. The van der Waals surface area contributed by atoms with E-state index in [9.17, 15) is 19.7 Å². The van der Waals surface area contributed by atoms with Gasteiger partial charge in [-0.15, -0.1) is 11.8 Å². The van der Waals surface area contributed by atoms with Crippen LogP contribution in [0.1, 0.15) is 12.5 Å². The number of esters is 1. The van der Waals surface area contributed by atoms with Crippen molar-refractivity contribution in [2.24, 2.45) is 0 Å². The average Bonchev–Trinajstić information content (AvgIpc) is 2.67. The summed E-state index contributed by atoms with van der Waals surface area (Å²) in [4.78, 5) is 35.8. The number of ether oxygens (including phenoxy) is 2. The topological polar surface area (TPSA) is 108 Å². The van der Waals surface area contributed by atoms with Gasteiger partial charge in [0.05, 0.1) is 23.9 Å². The van der Waals surface area contributed by atoms with Crippen molar-refractivity contribution in [3.05, 3.63) is 58.1 Å². The highest BCUT2D eigenvalue weighted by molar-refractivity contribution is 8.00. The van der Waals surface area contributed by atoms with Crippen molar-refractivity contribution >= 4 is 35.0 Å². The number of nitrogens with zero attached hydrogens (tertiary/aromatic N) is 1. The lowest BCUT2D eigenvalue weighted by Crippen LogP contribution is -2.30. The quantitative estimate of drug-likeness (QED) is 0.310. The third-order valence-corrected chi connectivity index (χ3v) is 4.93. The molecule has 0 unspecified atom stereocenters. The van der Waals surface area contributed by atoms with Crippen LogP contribution in [0.3, 0.4) is 0 Å². The van der Waals surface area contributed by atoms with E-state index in [2.05, 4.69) is 5.32 Å². The van der Waals surface area contributed by atoms with E-state index >= 15 is 0 Å². The number of methoxy groups -OCH3 is 1. The molecule has 1 amide bonds. The zero-order valence-electron chi connectivity index (χ0n) is 15.6. The maximum Gasteiger partial charge on any atom is 0.317 e. The van der Waals surface area contributed by atoms with Gasteiger partial charge in [0.1, 0.15) is 11.4 Å². The van der Waals surface area contributed by atoms with Gasteiger partial charge in [-0.3, -0.25) is 19.7 Å². The number of rotatable bonds is 8. The number of nitrogens with one attached hydrogen (secondary N) is 1. The second-order valence-corrected chi connectivity index (χ2v) is 6.83. The zero-order chi connectivity index (χ0) is 20.7. The van der Waals surface area contributed by atoms with Crippen molar-refractivity contribution in [3.8, 4) is 5.75 Å². The van der Waals surface area contributed by atoms with Crippen molar-refractivity contribution < 1.29 is 24.0 Å². The molecule has 0 aromatic heterocycles. The first-order valence-electron chi connectivity index (χ1n) is 8.33. The number of thioether (sulfide) groups is 1. The summed E-state index contributed by atoms with van der Waals surface area (Å²) in [7, 11) is 1.38. The Hall–Kier alpha value is -3.07. The molecule has 8 nitrogen and oxygen atoms in total. The summed E-state index contributed by atoms with van der Waals surface area (Å²) >= 11 is 1.31. The molecule has 0 saturated carbocycles. The van der Waals surface area contributed by atoms with Gasteiger partial charge in [-0.1, -0.05) is 18.2 Å². The molecule has 1 atom stereocenters. The molecule has 0 heterocycles. The Morgan fingerprint density at radius 1 is 1.25 bits per heavy atom. The summed E-state index contributed by atoms with van der Waals surface area (Å²) in [6.07, 6.45) is -1.10.